The molecule has 0 bridgehead atoms. The molecule has 2 rings (SSSR count). The molecule has 32 heavy (non-hydrogen) atoms. The zero-order valence-corrected chi connectivity index (χ0v) is 18.1. The predicted molar refractivity (Wildman–Crippen MR) is 111 cm³/mol. The maximum atomic E-state index is 13.1. The lowest BCUT2D eigenvalue weighted by Crippen LogP contribution is -2.29. The lowest BCUT2D eigenvalue weighted by molar-refractivity contribution is -0.137. The Bertz CT molecular complexity index is 974. The molecule has 0 fully saturated rings. The number of nitrogens with one attached hydrogen (secondary N) is 1. The van der Waals surface area contributed by atoms with Gasteiger partial charge in [-0.15, -0.1) is 0 Å². The Balaban J connectivity index is 2.14. The molecule has 2 aromatic rings. The number of aliphatic carboxylic acids is 1. The van der Waals surface area contributed by atoms with Crippen molar-refractivity contribution in [2.45, 2.75) is 62.1 Å². The predicted octanol–water partition coefficient (Wildman–Crippen LogP) is 5.38. The Morgan fingerprint density at radius 3 is 2.16 bits per heavy atom. The molecular weight excluding hydrogens is 450 g/mol. The molecule has 0 heterocycles. The third-order valence-electron chi connectivity index (χ3n) is 4.86. The summed E-state index contributed by atoms with van der Waals surface area (Å²) in [4.78, 5) is 10.5. The Kier molecular flexibility index (Phi) is 9.21. The van der Waals surface area contributed by atoms with Crippen LogP contribution in [0.15, 0.2) is 53.4 Å². The van der Waals surface area contributed by atoms with Gasteiger partial charge in [0.2, 0.25) is 10.0 Å². The molecule has 1 unspecified atom stereocenters. The van der Waals surface area contributed by atoms with Crippen molar-refractivity contribution in [2.24, 2.45) is 0 Å². The fourth-order valence-corrected chi connectivity index (χ4v) is 4.46. The molecule has 0 radical (unpaired) electrons. The zero-order chi connectivity index (χ0) is 23.8. The molecule has 0 saturated carbocycles. The third-order valence-corrected chi connectivity index (χ3v) is 6.35. The Morgan fingerprint density at radius 2 is 1.59 bits per heavy atom. The van der Waals surface area contributed by atoms with Gasteiger partial charge in [-0.05, 0) is 61.1 Å². The molecule has 0 aromatic heterocycles. The maximum absolute atomic E-state index is 13.1. The molecule has 0 spiro atoms. The highest BCUT2D eigenvalue weighted by Gasteiger charge is 2.27. The quantitative estimate of drug-likeness (QED) is 0.319. The summed E-state index contributed by atoms with van der Waals surface area (Å²) in [5.74, 6) is -1.48. The van der Waals surface area contributed by atoms with Crippen molar-refractivity contribution >= 4 is 16.0 Å². The normalized spacial score (nSPS) is 13.1. The number of hydrogen-bond donors (Lipinski definition) is 2. The highest BCUT2D eigenvalue weighted by Crippen LogP contribution is 2.27. The van der Waals surface area contributed by atoms with Crippen molar-refractivity contribution in [3.8, 4) is 0 Å². The Morgan fingerprint density at radius 1 is 0.969 bits per heavy atom. The first kappa shape index (κ1) is 25.8. The van der Waals surface area contributed by atoms with E-state index >= 15 is 0 Å². The van der Waals surface area contributed by atoms with E-state index in [2.05, 4.69) is 4.72 Å². The Labute approximate surface area is 184 Å². The van der Waals surface area contributed by atoms with Gasteiger partial charge in [-0.2, -0.15) is 13.2 Å². The minimum atomic E-state index is -4.28. The van der Waals surface area contributed by atoms with Gasteiger partial charge >= 0.3 is 12.1 Å². The van der Waals surface area contributed by atoms with E-state index in [1.807, 2.05) is 0 Å². The van der Waals surface area contributed by atoms with Gasteiger partial charge in [-0.3, -0.25) is 4.79 Å². The topological polar surface area (TPSA) is 83.5 Å². The standard InChI is InChI=1S/C22H25F4NO4S/c23-18-11-13-19(14-12-18)32(30,31)27-20(5-1-2-15-22(24,25)26)17-9-7-16(8-10-17)4-3-6-21(28)29/h7-14,20,27H,1-6,15H2,(H,28,29). The number of aryl methyl sites for hydroxylation is 1. The van der Waals surface area contributed by atoms with Crippen LogP contribution in [0.3, 0.4) is 0 Å². The summed E-state index contributed by atoms with van der Waals surface area (Å²) >= 11 is 0. The molecule has 1 atom stereocenters. The van der Waals surface area contributed by atoms with Crippen molar-refractivity contribution in [1.82, 2.24) is 4.72 Å². The summed E-state index contributed by atoms with van der Waals surface area (Å²) in [5, 5.41) is 8.72. The highest BCUT2D eigenvalue weighted by atomic mass is 32.2. The fraction of sp³-hybridized carbons (Fsp3) is 0.409. The zero-order valence-electron chi connectivity index (χ0n) is 17.2. The second-order valence-electron chi connectivity index (χ2n) is 7.48. The second-order valence-corrected chi connectivity index (χ2v) is 9.19. The molecule has 0 saturated heterocycles. The maximum Gasteiger partial charge on any atom is 0.389 e. The second kappa shape index (κ2) is 11.4. The van der Waals surface area contributed by atoms with Crippen LogP contribution in [-0.2, 0) is 21.2 Å². The van der Waals surface area contributed by atoms with Crippen LogP contribution in [0.1, 0.15) is 55.7 Å². The minimum Gasteiger partial charge on any atom is -0.481 e. The number of benzene rings is 2. The highest BCUT2D eigenvalue weighted by molar-refractivity contribution is 7.89. The van der Waals surface area contributed by atoms with Crippen LogP contribution in [0, 0.1) is 5.82 Å². The van der Waals surface area contributed by atoms with Crippen LogP contribution >= 0.6 is 0 Å². The largest absolute Gasteiger partial charge is 0.481 e. The third kappa shape index (κ3) is 8.96. The van der Waals surface area contributed by atoms with E-state index in [4.69, 9.17) is 5.11 Å². The molecule has 0 aliphatic carbocycles. The van der Waals surface area contributed by atoms with E-state index in [0.717, 1.165) is 29.8 Å². The average Bonchev–Trinajstić information content (AvgIpc) is 2.70. The van der Waals surface area contributed by atoms with Crippen LogP contribution in [-0.4, -0.2) is 25.7 Å². The van der Waals surface area contributed by atoms with Crippen molar-refractivity contribution in [3.05, 3.63) is 65.5 Å². The number of halogens is 4. The van der Waals surface area contributed by atoms with Gasteiger partial charge < -0.3 is 5.11 Å². The molecule has 0 aliphatic heterocycles. The number of unbranched alkanes of at least 4 members (excludes halogenated alkanes) is 1. The summed E-state index contributed by atoms with van der Waals surface area (Å²) < 4.78 is 78.4. The monoisotopic (exact) mass is 475 g/mol. The van der Waals surface area contributed by atoms with Crippen LogP contribution in [0.2, 0.25) is 0 Å². The van der Waals surface area contributed by atoms with E-state index < -0.39 is 40.4 Å². The van der Waals surface area contributed by atoms with Crippen molar-refractivity contribution in [2.75, 3.05) is 0 Å². The van der Waals surface area contributed by atoms with Crippen molar-refractivity contribution in [3.63, 3.8) is 0 Å². The molecule has 0 amide bonds. The summed E-state index contributed by atoms with van der Waals surface area (Å²) in [6.07, 6.45) is -4.05. The fourth-order valence-electron chi connectivity index (χ4n) is 3.20. The van der Waals surface area contributed by atoms with Crippen molar-refractivity contribution < 1.29 is 35.9 Å². The van der Waals surface area contributed by atoms with E-state index in [1.54, 1.807) is 24.3 Å². The molecular formula is C22H25F4NO4S. The number of carbonyl (C=O) groups is 1. The number of carboxylic acids is 1. The van der Waals surface area contributed by atoms with Gasteiger partial charge in [0.15, 0.2) is 0 Å². The van der Waals surface area contributed by atoms with E-state index in [9.17, 15) is 30.8 Å². The van der Waals surface area contributed by atoms with Crippen molar-refractivity contribution in [1.29, 1.82) is 0 Å². The smallest absolute Gasteiger partial charge is 0.389 e. The first-order chi connectivity index (χ1) is 15.0. The van der Waals surface area contributed by atoms with E-state index in [-0.39, 0.29) is 30.6 Å². The number of alkyl halides is 3. The number of sulfonamides is 1. The first-order valence-electron chi connectivity index (χ1n) is 10.1. The number of rotatable bonds is 12. The van der Waals surface area contributed by atoms with Gasteiger partial charge in [0.1, 0.15) is 5.82 Å². The average molecular weight is 476 g/mol. The molecule has 2 aromatic carbocycles. The van der Waals surface area contributed by atoms with Crippen LogP contribution in [0.5, 0.6) is 0 Å². The van der Waals surface area contributed by atoms with Gasteiger partial charge in [0, 0.05) is 18.9 Å². The number of carboxylic acid groups (broad SMARTS) is 1. The van der Waals surface area contributed by atoms with Gasteiger partial charge in [0.05, 0.1) is 4.90 Å². The lowest BCUT2D eigenvalue weighted by Gasteiger charge is -2.20. The summed E-state index contributed by atoms with van der Waals surface area (Å²) in [7, 11) is -4.03. The SMILES string of the molecule is O=C(O)CCCc1ccc(C(CCCCC(F)(F)F)NS(=O)(=O)c2ccc(F)cc2)cc1. The van der Waals surface area contributed by atoms with Crippen LogP contribution in [0.25, 0.3) is 0 Å². The molecule has 5 nitrogen and oxygen atoms in total. The van der Waals surface area contributed by atoms with Crippen LogP contribution < -0.4 is 4.72 Å². The summed E-state index contributed by atoms with van der Waals surface area (Å²) in [6, 6.07) is 10.3. The number of hydrogen-bond acceptors (Lipinski definition) is 3. The van der Waals surface area contributed by atoms with E-state index in [1.165, 1.54) is 0 Å². The molecule has 176 valence electrons. The molecule has 0 aliphatic rings. The molecule has 2 N–H and O–H groups in total. The van der Waals surface area contributed by atoms with Gasteiger partial charge in [-0.1, -0.05) is 30.7 Å². The van der Waals surface area contributed by atoms with Gasteiger partial charge in [-0.25, -0.2) is 17.5 Å². The van der Waals surface area contributed by atoms with E-state index in [0.29, 0.717) is 18.4 Å². The van der Waals surface area contributed by atoms with Crippen LogP contribution in [0.4, 0.5) is 17.6 Å². The minimum absolute atomic E-state index is 0.0288. The summed E-state index contributed by atoms with van der Waals surface area (Å²) in [5.41, 5.74) is 1.44. The lowest BCUT2D eigenvalue weighted by atomic mass is 9.98. The van der Waals surface area contributed by atoms with Gasteiger partial charge in [0.25, 0.3) is 0 Å². The first-order valence-corrected chi connectivity index (χ1v) is 11.6. The molecule has 10 heteroatoms. The Hall–Kier alpha value is -2.46. The summed E-state index contributed by atoms with van der Waals surface area (Å²) in [6.45, 7) is 0.